The molecule has 0 aliphatic carbocycles. The van der Waals surface area contributed by atoms with Gasteiger partial charge in [-0.25, -0.2) is 0 Å². The number of anilines is 1. The largest absolute Gasteiger partial charge is 0.463 e. The average molecular weight is 370 g/mol. The fourth-order valence-electron chi connectivity index (χ4n) is 2.94. The minimum Gasteiger partial charge on any atom is -0.463 e. The Morgan fingerprint density at radius 2 is 2.19 bits per heavy atom. The number of nitrogens with one attached hydrogen (secondary N) is 1. The van der Waals surface area contributed by atoms with Gasteiger partial charge < -0.3 is 19.7 Å². The van der Waals surface area contributed by atoms with Crippen molar-refractivity contribution >= 4 is 11.7 Å². The van der Waals surface area contributed by atoms with Gasteiger partial charge in [-0.1, -0.05) is 0 Å². The molecule has 2 aromatic rings. The van der Waals surface area contributed by atoms with E-state index in [-0.39, 0.29) is 42.7 Å². The molecule has 0 bridgehead atoms. The molecule has 1 fully saturated rings. The monoisotopic (exact) mass is 370 g/mol. The van der Waals surface area contributed by atoms with Crippen molar-refractivity contribution in [3.63, 3.8) is 0 Å². The lowest BCUT2D eigenvalue weighted by Gasteiger charge is -2.21. The van der Waals surface area contributed by atoms with Crippen LogP contribution in [0, 0.1) is 5.92 Å². The number of hydrogen-bond acceptors (Lipinski definition) is 6. The summed E-state index contributed by atoms with van der Waals surface area (Å²) in [5.41, 5.74) is -1.00. The number of carbonyl (C=O) groups is 1. The first-order chi connectivity index (χ1) is 12.3. The maximum Gasteiger partial charge on any atom is 0.420 e. The van der Waals surface area contributed by atoms with Crippen LogP contribution in [0.5, 0.6) is 0 Å². The predicted octanol–water partition coefficient (Wildman–Crippen LogP) is 1.69. The zero-order valence-corrected chi connectivity index (χ0v) is 13.8. The van der Waals surface area contributed by atoms with E-state index in [1.54, 1.807) is 6.07 Å². The predicted molar refractivity (Wildman–Crippen MR) is 85.1 cm³/mol. The van der Waals surface area contributed by atoms with Gasteiger partial charge in [-0.2, -0.15) is 13.2 Å². The first-order valence-electron chi connectivity index (χ1n) is 7.92. The van der Waals surface area contributed by atoms with Crippen LogP contribution in [-0.2, 0) is 11.0 Å². The number of aliphatic hydroxyl groups is 1. The highest BCUT2D eigenvalue weighted by Gasteiger charge is 2.41. The summed E-state index contributed by atoms with van der Waals surface area (Å²) < 4.78 is 45.7. The van der Waals surface area contributed by atoms with E-state index in [1.165, 1.54) is 24.3 Å². The standard InChI is InChI=1S/C16H17F3N4O3/c1-20-14(25)5-9-7-23(8-12(9)24)15-10(16(17,18)19)6-11(21-22-15)13-3-2-4-26-13/h2-4,6,9,12,24H,5,7-8H2,1H3,(H,20,25)/t9-,12-/m1/s1. The van der Waals surface area contributed by atoms with Gasteiger partial charge in [0.1, 0.15) is 11.3 Å². The third-order valence-electron chi connectivity index (χ3n) is 4.29. The summed E-state index contributed by atoms with van der Waals surface area (Å²) in [4.78, 5) is 12.8. The molecule has 10 heteroatoms. The van der Waals surface area contributed by atoms with Crippen LogP contribution in [0.1, 0.15) is 12.0 Å². The van der Waals surface area contributed by atoms with Gasteiger partial charge >= 0.3 is 6.18 Å². The van der Waals surface area contributed by atoms with E-state index < -0.39 is 23.8 Å². The zero-order valence-electron chi connectivity index (χ0n) is 13.8. The smallest absolute Gasteiger partial charge is 0.420 e. The summed E-state index contributed by atoms with van der Waals surface area (Å²) in [7, 11) is 1.46. The minimum atomic E-state index is -4.66. The van der Waals surface area contributed by atoms with Crippen molar-refractivity contribution in [2.24, 2.45) is 5.92 Å². The van der Waals surface area contributed by atoms with Crippen molar-refractivity contribution in [2.75, 3.05) is 25.0 Å². The van der Waals surface area contributed by atoms with Crippen molar-refractivity contribution in [1.82, 2.24) is 15.5 Å². The first-order valence-corrected chi connectivity index (χ1v) is 7.92. The van der Waals surface area contributed by atoms with Gasteiger partial charge in [-0.05, 0) is 18.2 Å². The second kappa shape index (κ2) is 6.94. The van der Waals surface area contributed by atoms with E-state index in [4.69, 9.17) is 4.42 Å². The molecule has 0 spiro atoms. The number of hydrogen-bond donors (Lipinski definition) is 2. The lowest BCUT2D eigenvalue weighted by molar-refractivity contribution is -0.137. The number of β-amino-alcohol motifs (C(OH)–C–C–N with tert-alkyl or cyclic N) is 1. The van der Waals surface area contributed by atoms with Crippen molar-refractivity contribution in [2.45, 2.75) is 18.7 Å². The Morgan fingerprint density at radius 1 is 1.42 bits per heavy atom. The van der Waals surface area contributed by atoms with Crippen LogP contribution >= 0.6 is 0 Å². The van der Waals surface area contributed by atoms with Gasteiger partial charge in [0.05, 0.1) is 12.4 Å². The number of alkyl halides is 3. The molecular formula is C16H17F3N4O3. The molecule has 1 amide bonds. The van der Waals surface area contributed by atoms with Gasteiger partial charge in [-0.3, -0.25) is 4.79 Å². The second-order valence-corrected chi connectivity index (χ2v) is 6.05. The van der Waals surface area contributed by atoms with Gasteiger partial charge in [0.2, 0.25) is 5.91 Å². The quantitative estimate of drug-likeness (QED) is 0.851. The Hall–Kier alpha value is -2.62. The maximum atomic E-state index is 13.5. The normalized spacial score (nSPS) is 20.4. The zero-order chi connectivity index (χ0) is 18.9. The van der Waals surface area contributed by atoms with Crippen molar-refractivity contribution in [3.8, 4) is 11.5 Å². The summed E-state index contributed by atoms with van der Waals surface area (Å²) in [6, 6.07) is 3.90. The number of amides is 1. The van der Waals surface area contributed by atoms with E-state index in [1.807, 2.05) is 0 Å². The molecule has 2 atom stereocenters. The molecule has 2 N–H and O–H groups in total. The van der Waals surface area contributed by atoms with Gasteiger partial charge in [-0.15, -0.1) is 10.2 Å². The minimum absolute atomic E-state index is 0.0213. The molecule has 0 radical (unpaired) electrons. The Labute approximate surface area is 146 Å². The number of aromatic nitrogens is 2. The van der Waals surface area contributed by atoms with Crippen molar-refractivity contribution in [1.29, 1.82) is 0 Å². The molecule has 0 unspecified atom stereocenters. The lowest BCUT2D eigenvalue weighted by Crippen LogP contribution is -2.27. The van der Waals surface area contributed by atoms with Crippen LogP contribution in [0.3, 0.4) is 0 Å². The average Bonchev–Trinajstić information content (AvgIpc) is 3.24. The summed E-state index contributed by atoms with van der Waals surface area (Å²) in [6.07, 6.45) is -4.23. The summed E-state index contributed by atoms with van der Waals surface area (Å²) >= 11 is 0. The highest BCUT2D eigenvalue weighted by atomic mass is 19.4. The fraction of sp³-hybridized carbons (Fsp3) is 0.438. The van der Waals surface area contributed by atoms with Crippen LogP contribution in [0.25, 0.3) is 11.5 Å². The molecular weight excluding hydrogens is 353 g/mol. The molecule has 3 heterocycles. The summed E-state index contributed by atoms with van der Waals surface area (Å²) in [6.45, 7) is 0.0198. The third kappa shape index (κ3) is 3.64. The topological polar surface area (TPSA) is 91.5 Å². The Bertz CT molecular complexity index is 780. The maximum absolute atomic E-state index is 13.5. The highest BCUT2D eigenvalue weighted by molar-refractivity contribution is 5.76. The van der Waals surface area contributed by atoms with Crippen LogP contribution in [-0.4, -0.2) is 47.5 Å². The third-order valence-corrected chi connectivity index (χ3v) is 4.29. The van der Waals surface area contributed by atoms with Gasteiger partial charge in [0.15, 0.2) is 11.6 Å². The summed E-state index contributed by atoms with van der Waals surface area (Å²) in [5, 5.41) is 20.1. The highest BCUT2D eigenvalue weighted by Crippen LogP contribution is 2.38. The first kappa shape index (κ1) is 18.2. The Morgan fingerprint density at radius 3 is 2.81 bits per heavy atom. The van der Waals surface area contributed by atoms with E-state index in [2.05, 4.69) is 15.5 Å². The number of aliphatic hydroxyl groups excluding tert-OH is 1. The molecule has 3 rings (SSSR count). The molecule has 0 saturated carbocycles. The Kier molecular flexibility index (Phi) is 4.86. The van der Waals surface area contributed by atoms with Gasteiger partial charge in [0.25, 0.3) is 0 Å². The Balaban J connectivity index is 1.91. The van der Waals surface area contributed by atoms with Crippen molar-refractivity contribution in [3.05, 3.63) is 30.0 Å². The summed E-state index contributed by atoms with van der Waals surface area (Å²) in [5.74, 6) is -0.964. The molecule has 1 saturated heterocycles. The van der Waals surface area contributed by atoms with E-state index in [9.17, 15) is 23.1 Å². The van der Waals surface area contributed by atoms with Crippen LogP contribution in [0.15, 0.2) is 28.9 Å². The molecule has 0 aromatic carbocycles. The molecule has 1 aliphatic heterocycles. The lowest BCUT2D eigenvalue weighted by atomic mass is 10.0. The van der Waals surface area contributed by atoms with E-state index in [0.717, 1.165) is 6.07 Å². The number of nitrogens with zero attached hydrogens (tertiary/aromatic N) is 3. The molecule has 1 aliphatic rings. The number of carbonyl (C=O) groups excluding carboxylic acids is 1. The van der Waals surface area contributed by atoms with E-state index >= 15 is 0 Å². The SMILES string of the molecule is CNC(=O)C[C@@H]1CN(c2nnc(-c3ccco3)cc2C(F)(F)F)C[C@H]1O. The molecule has 2 aromatic heterocycles. The molecule has 140 valence electrons. The van der Waals surface area contributed by atoms with Crippen LogP contribution in [0.2, 0.25) is 0 Å². The van der Waals surface area contributed by atoms with Crippen LogP contribution in [0.4, 0.5) is 19.0 Å². The van der Waals surface area contributed by atoms with Gasteiger partial charge in [0, 0.05) is 32.5 Å². The number of halogens is 3. The van der Waals surface area contributed by atoms with E-state index in [0.29, 0.717) is 0 Å². The fourth-order valence-corrected chi connectivity index (χ4v) is 2.94. The number of furan rings is 1. The van der Waals surface area contributed by atoms with Crippen molar-refractivity contribution < 1.29 is 27.5 Å². The molecule has 26 heavy (non-hydrogen) atoms. The molecule has 7 nitrogen and oxygen atoms in total. The van der Waals surface area contributed by atoms with Crippen LogP contribution < -0.4 is 10.2 Å². The number of rotatable bonds is 4. The second-order valence-electron chi connectivity index (χ2n) is 6.05.